The van der Waals surface area contributed by atoms with Gasteiger partial charge in [0.2, 0.25) is 5.91 Å². The summed E-state index contributed by atoms with van der Waals surface area (Å²) in [6, 6.07) is 2.83. The molecule has 0 spiro atoms. The first-order valence-corrected chi connectivity index (χ1v) is 10.1. The normalized spacial score (nSPS) is 12.2. The van der Waals surface area contributed by atoms with Crippen LogP contribution in [0.5, 0.6) is 11.5 Å². The number of carbonyl (C=O) groups excluding carboxylic acids is 2. The molecule has 31 heavy (non-hydrogen) atoms. The number of hydrogen-bond donors (Lipinski definition) is 0. The first-order chi connectivity index (χ1) is 14.4. The zero-order valence-corrected chi connectivity index (χ0v) is 20.1. The van der Waals surface area contributed by atoms with Gasteiger partial charge in [-0.1, -0.05) is 34.8 Å². The molecule has 0 radical (unpaired) electrons. The number of nitrogens with zero attached hydrogens (tertiary/aromatic N) is 3. The predicted octanol–water partition coefficient (Wildman–Crippen LogP) is 4.54. The summed E-state index contributed by atoms with van der Waals surface area (Å²) in [7, 11) is 4.20. The summed E-state index contributed by atoms with van der Waals surface area (Å²) in [5.74, 6) is -2.59. The third-order valence-corrected chi connectivity index (χ3v) is 5.07. The summed E-state index contributed by atoms with van der Waals surface area (Å²) in [5, 5.41) is 0.0795. The number of likely N-dealkylation sites (N-methyl/N-ethyl adjacent to an activating group) is 1. The molecule has 0 bridgehead atoms. The Morgan fingerprint density at radius 1 is 1.00 bits per heavy atom. The fourth-order valence-electron chi connectivity index (χ4n) is 2.68. The Bertz CT molecular complexity index is 967. The van der Waals surface area contributed by atoms with Crippen molar-refractivity contribution in [1.29, 1.82) is 0 Å². The van der Waals surface area contributed by atoms with Crippen LogP contribution in [-0.2, 0) is 14.3 Å². The van der Waals surface area contributed by atoms with E-state index in [-0.39, 0.29) is 38.1 Å². The van der Waals surface area contributed by atoms with Crippen molar-refractivity contribution in [3.05, 3.63) is 39.2 Å². The van der Waals surface area contributed by atoms with Crippen LogP contribution >= 0.6 is 34.8 Å². The maximum atomic E-state index is 13.5. The molecule has 0 saturated carbocycles. The first kappa shape index (κ1) is 25.0. The number of aromatic nitrogens is 2. The molecule has 0 saturated heterocycles. The van der Waals surface area contributed by atoms with Crippen LogP contribution < -0.4 is 14.4 Å². The van der Waals surface area contributed by atoms with Crippen molar-refractivity contribution in [3.63, 3.8) is 0 Å². The minimum absolute atomic E-state index is 0.00853. The third kappa shape index (κ3) is 5.70. The molecule has 1 amide bonds. The SMILES string of the molecule is COc1cc(OC)c(Cl)c(C(C(=O)OC(C)(C)C)C(=O)N(C)c2cc(Cl)ncn2)c1Cl. The number of halogens is 3. The van der Waals surface area contributed by atoms with Crippen LogP contribution in [0, 0.1) is 0 Å². The predicted molar refractivity (Wildman–Crippen MR) is 119 cm³/mol. The van der Waals surface area contributed by atoms with Crippen LogP contribution in [0.3, 0.4) is 0 Å². The lowest BCUT2D eigenvalue weighted by atomic mass is 9.96. The largest absolute Gasteiger partial charge is 0.495 e. The fraction of sp³-hybridized carbons (Fsp3) is 0.400. The molecule has 0 aliphatic rings. The van der Waals surface area contributed by atoms with Crippen molar-refractivity contribution in [3.8, 4) is 11.5 Å². The second kappa shape index (κ2) is 9.89. The van der Waals surface area contributed by atoms with Gasteiger partial charge in [-0.25, -0.2) is 9.97 Å². The highest BCUT2D eigenvalue weighted by Crippen LogP contribution is 2.45. The molecule has 2 rings (SSSR count). The van der Waals surface area contributed by atoms with Crippen molar-refractivity contribution in [2.45, 2.75) is 32.3 Å². The third-order valence-electron chi connectivity index (χ3n) is 4.08. The summed E-state index contributed by atoms with van der Waals surface area (Å²) in [6.45, 7) is 5.03. The van der Waals surface area contributed by atoms with Gasteiger partial charge in [-0.05, 0) is 20.8 Å². The number of amides is 1. The van der Waals surface area contributed by atoms with E-state index in [1.165, 1.54) is 39.7 Å². The van der Waals surface area contributed by atoms with Crippen LogP contribution in [-0.4, -0.2) is 48.7 Å². The van der Waals surface area contributed by atoms with Crippen molar-refractivity contribution >= 4 is 52.5 Å². The fourth-order valence-corrected chi connectivity index (χ4v) is 3.54. The van der Waals surface area contributed by atoms with E-state index in [2.05, 4.69) is 9.97 Å². The average molecular weight is 491 g/mol. The maximum Gasteiger partial charge on any atom is 0.323 e. The van der Waals surface area contributed by atoms with Crippen LogP contribution in [0.1, 0.15) is 32.3 Å². The van der Waals surface area contributed by atoms with E-state index in [1.54, 1.807) is 20.8 Å². The van der Waals surface area contributed by atoms with E-state index >= 15 is 0 Å². The molecule has 1 heterocycles. The van der Waals surface area contributed by atoms with E-state index in [0.29, 0.717) is 0 Å². The lowest BCUT2D eigenvalue weighted by Gasteiger charge is -2.28. The van der Waals surface area contributed by atoms with Gasteiger partial charge >= 0.3 is 5.97 Å². The number of rotatable bonds is 6. The molecule has 2 aromatic rings. The average Bonchev–Trinajstić information content (AvgIpc) is 2.68. The van der Waals surface area contributed by atoms with E-state index in [0.717, 1.165) is 4.90 Å². The van der Waals surface area contributed by atoms with Gasteiger partial charge in [0.05, 0.1) is 24.3 Å². The van der Waals surface area contributed by atoms with Gasteiger partial charge in [-0.3, -0.25) is 14.5 Å². The summed E-state index contributed by atoms with van der Waals surface area (Å²) in [6.07, 6.45) is 1.19. The highest BCUT2D eigenvalue weighted by Gasteiger charge is 2.40. The van der Waals surface area contributed by atoms with E-state index in [1.807, 2.05) is 0 Å². The molecule has 0 N–H and O–H groups in total. The summed E-state index contributed by atoms with van der Waals surface area (Å²) in [5.41, 5.74) is -0.889. The van der Waals surface area contributed by atoms with Gasteiger partial charge in [0.15, 0.2) is 5.92 Å². The molecule has 0 aliphatic carbocycles. The lowest BCUT2D eigenvalue weighted by molar-refractivity contribution is -0.158. The van der Waals surface area contributed by atoms with E-state index < -0.39 is 23.4 Å². The summed E-state index contributed by atoms with van der Waals surface area (Å²) in [4.78, 5) is 35.6. The minimum Gasteiger partial charge on any atom is -0.495 e. The first-order valence-electron chi connectivity index (χ1n) is 8.99. The summed E-state index contributed by atoms with van der Waals surface area (Å²) >= 11 is 18.9. The molecule has 8 nitrogen and oxygen atoms in total. The summed E-state index contributed by atoms with van der Waals surface area (Å²) < 4.78 is 16.0. The van der Waals surface area contributed by atoms with Gasteiger partial charge in [-0.15, -0.1) is 0 Å². The lowest BCUT2D eigenvalue weighted by Crippen LogP contribution is -2.39. The molecule has 168 valence electrons. The van der Waals surface area contributed by atoms with Crippen LogP contribution in [0.25, 0.3) is 0 Å². The molecule has 0 fully saturated rings. The van der Waals surface area contributed by atoms with Crippen molar-refractivity contribution < 1.29 is 23.8 Å². The van der Waals surface area contributed by atoms with Gasteiger partial charge in [0.1, 0.15) is 34.4 Å². The number of methoxy groups -OCH3 is 2. The maximum absolute atomic E-state index is 13.5. The Hall–Kier alpha value is -2.29. The number of anilines is 1. The van der Waals surface area contributed by atoms with E-state index in [4.69, 9.17) is 49.0 Å². The molecule has 1 unspecified atom stereocenters. The highest BCUT2D eigenvalue weighted by atomic mass is 35.5. The number of esters is 1. The quantitative estimate of drug-likeness (QED) is 0.333. The van der Waals surface area contributed by atoms with Crippen molar-refractivity contribution in [2.24, 2.45) is 0 Å². The molecule has 11 heteroatoms. The smallest absolute Gasteiger partial charge is 0.323 e. The monoisotopic (exact) mass is 489 g/mol. The van der Waals surface area contributed by atoms with Crippen LogP contribution in [0.4, 0.5) is 5.82 Å². The van der Waals surface area contributed by atoms with E-state index in [9.17, 15) is 9.59 Å². The zero-order chi connectivity index (χ0) is 23.5. The number of ether oxygens (including phenoxy) is 3. The van der Waals surface area contributed by atoms with Crippen molar-refractivity contribution in [1.82, 2.24) is 9.97 Å². The highest BCUT2D eigenvalue weighted by molar-refractivity contribution is 6.39. The number of carbonyl (C=O) groups is 2. The Balaban J connectivity index is 2.70. The Morgan fingerprint density at radius 3 is 2.00 bits per heavy atom. The Labute approximate surface area is 195 Å². The topological polar surface area (TPSA) is 90.9 Å². The van der Waals surface area contributed by atoms with Gasteiger partial charge < -0.3 is 14.2 Å². The van der Waals surface area contributed by atoms with Crippen LogP contribution in [0.15, 0.2) is 18.5 Å². The molecule has 1 aromatic heterocycles. The second-order valence-electron chi connectivity index (χ2n) is 7.39. The molecule has 1 atom stereocenters. The molecule has 1 aromatic carbocycles. The van der Waals surface area contributed by atoms with Gasteiger partial charge in [-0.2, -0.15) is 0 Å². The number of hydrogen-bond acceptors (Lipinski definition) is 7. The minimum atomic E-state index is -1.54. The molecular weight excluding hydrogens is 469 g/mol. The molecular formula is C20H22Cl3N3O5. The van der Waals surface area contributed by atoms with Gasteiger partial charge in [0, 0.05) is 24.7 Å². The Morgan fingerprint density at radius 2 is 1.55 bits per heavy atom. The van der Waals surface area contributed by atoms with Crippen molar-refractivity contribution in [2.75, 3.05) is 26.2 Å². The number of benzene rings is 1. The zero-order valence-electron chi connectivity index (χ0n) is 17.8. The van der Waals surface area contributed by atoms with Crippen LogP contribution in [0.2, 0.25) is 15.2 Å². The molecule has 0 aliphatic heterocycles. The van der Waals surface area contributed by atoms with Gasteiger partial charge in [0.25, 0.3) is 0 Å². The second-order valence-corrected chi connectivity index (χ2v) is 8.53. The standard InChI is InChI=1S/C20H22Cl3N3O5/c1-20(2,3)31-19(28)15(18(27)26(4)13-8-12(21)24-9-25-13)14-16(22)10(29-5)7-11(30-6)17(14)23/h7-9,15H,1-6H3. The Kier molecular flexibility index (Phi) is 7.97.